The number of carbonyl (C=O) groups is 2. The predicted molar refractivity (Wildman–Crippen MR) is 100 cm³/mol. The van der Waals surface area contributed by atoms with Crippen LogP contribution in [0.5, 0.6) is 0 Å². The molecule has 6 heteroatoms. The van der Waals surface area contributed by atoms with Gasteiger partial charge in [0.1, 0.15) is 5.37 Å². The standard InChI is InChI=1S/C18H25ClN2O2S/c1-12(2)17(23)20(13(3)4)9-10-21-16(22)11-24-18(21)14-7-5-6-8-15(14)19/h5-8,12-13,18H,9-11H2,1-4H3. The number of carbonyl (C=O) groups excluding carboxylic acids is 2. The summed E-state index contributed by atoms with van der Waals surface area (Å²) in [5, 5.41) is 0.600. The summed E-state index contributed by atoms with van der Waals surface area (Å²) in [4.78, 5) is 28.4. The molecule has 0 saturated carbocycles. The lowest BCUT2D eigenvalue weighted by atomic mass is 10.1. The summed E-state index contributed by atoms with van der Waals surface area (Å²) in [6.07, 6.45) is 0. The second kappa shape index (κ2) is 8.26. The Bertz CT molecular complexity index is 606. The Morgan fingerprint density at radius 1 is 1.33 bits per heavy atom. The SMILES string of the molecule is CC(C)C(=O)N(CCN1C(=O)CSC1c1ccccc1Cl)C(C)C. The highest BCUT2D eigenvalue weighted by atomic mass is 35.5. The summed E-state index contributed by atoms with van der Waals surface area (Å²) in [7, 11) is 0. The second-order valence-corrected chi connectivity index (χ2v) is 8.03. The number of nitrogens with zero attached hydrogens (tertiary/aromatic N) is 2. The largest absolute Gasteiger partial charge is 0.338 e. The molecule has 1 aromatic rings. The smallest absolute Gasteiger partial charge is 0.233 e. The number of amides is 2. The van der Waals surface area contributed by atoms with Crippen molar-refractivity contribution in [2.75, 3.05) is 18.8 Å². The molecule has 0 bridgehead atoms. The molecule has 132 valence electrons. The van der Waals surface area contributed by atoms with Crippen LogP contribution in [-0.2, 0) is 9.59 Å². The zero-order valence-corrected chi connectivity index (χ0v) is 16.2. The molecule has 1 aliphatic rings. The monoisotopic (exact) mass is 368 g/mol. The van der Waals surface area contributed by atoms with E-state index in [2.05, 4.69) is 0 Å². The lowest BCUT2D eigenvalue weighted by molar-refractivity contribution is -0.138. The molecule has 0 radical (unpaired) electrons. The van der Waals surface area contributed by atoms with Crippen molar-refractivity contribution >= 4 is 35.2 Å². The van der Waals surface area contributed by atoms with E-state index in [-0.39, 0.29) is 29.1 Å². The fourth-order valence-electron chi connectivity index (χ4n) is 2.80. The molecule has 24 heavy (non-hydrogen) atoms. The molecule has 1 fully saturated rings. The van der Waals surface area contributed by atoms with Crippen molar-refractivity contribution in [2.24, 2.45) is 5.92 Å². The van der Waals surface area contributed by atoms with Gasteiger partial charge in [-0.25, -0.2) is 0 Å². The molecule has 1 aliphatic heterocycles. The van der Waals surface area contributed by atoms with Crippen LogP contribution in [0.4, 0.5) is 0 Å². The number of benzene rings is 1. The van der Waals surface area contributed by atoms with Crippen LogP contribution in [0.25, 0.3) is 0 Å². The van der Waals surface area contributed by atoms with Crippen LogP contribution in [0.3, 0.4) is 0 Å². The fraction of sp³-hybridized carbons (Fsp3) is 0.556. The van der Waals surface area contributed by atoms with E-state index in [1.807, 2.05) is 61.8 Å². The topological polar surface area (TPSA) is 40.6 Å². The number of halogens is 1. The summed E-state index contributed by atoms with van der Waals surface area (Å²) in [5.74, 6) is 0.634. The zero-order chi connectivity index (χ0) is 17.9. The minimum Gasteiger partial charge on any atom is -0.338 e. The lowest BCUT2D eigenvalue weighted by Crippen LogP contribution is -2.45. The van der Waals surface area contributed by atoms with Crippen LogP contribution in [0.2, 0.25) is 5.02 Å². The molecule has 1 unspecified atom stereocenters. The Morgan fingerprint density at radius 3 is 2.58 bits per heavy atom. The molecule has 2 amide bonds. The Morgan fingerprint density at radius 2 is 2.00 bits per heavy atom. The van der Waals surface area contributed by atoms with E-state index >= 15 is 0 Å². The fourth-order valence-corrected chi connectivity index (χ4v) is 4.36. The molecule has 0 aliphatic carbocycles. The molecule has 1 heterocycles. The summed E-state index contributed by atoms with van der Waals surface area (Å²) in [6.45, 7) is 8.89. The van der Waals surface area contributed by atoms with Gasteiger partial charge in [0.15, 0.2) is 0 Å². The third-order valence-electron chi connectivity index (χ3n) is 4.12. The molecule has 0 aromatic heterocycles. The summed E-state index contributed by atoms with van der Waals surface area (Å²) in [6, 6.07) is 7.75. The van der Waals surface area contributed by atoms with E-state index < -0.39 is 0 Å². The van der Waals surface area contributed by atoms with Gasteiger partial charge in [-0.3, -0.25) is 9.59 Å². The Hall–Kier alpha value is -1.20. The van der Waals surface area contributed by atoms with E-state index in [4.69, 9.17) is 11.6 Å². The Kier molecular flexibility index (Phi) is 6.58. The van der Waals surface area contributed by atoms with Crippen molar-refractivity contribution in [2.45, 2.75) is 39.1 Å². The number of thioether (sulfide) groups is 1. The van der Waals surface area contributed by atoms with Crippen LogP contribution < -0.4 is 0 Å². The molecule has 1 atom stereocenters. The summed E-state index contributed by atoms with van der Waals surface area (Å²) < 4.78 is 0. The number of hydrogen-bond donors (Lipinski definition) is 0. The van der Waals surface area contributed by atoms with Crippen molar-refractivity contribution in [1.82, 2.24) is 9.80 Å². The van der Waals surface area contributed by atoms with Gasteiger partial charge in [-0.15, -0.1) is 11.8 Å². The van der Waals surface area contributed by atoms with E-state index in [0.717, 1.165) is 5.56 Å². The van der Waals surface area contributed by atoms with Gasteiger partial charge in [0.2, 0.25) is 11.8 Å². The molecule has 2 rings (SSSR count). The summed E-state index contributed by atoms with van der Waals surface area (Å²) in [5.41, 5.74) is 0.960. The van der Waals surface area contributed by atoms with Crippen LogP contribution in [-0.4, -0.2) is 46.5 Å². The highest BCUT2D eigenvalue weighted by Gasteiger charge is 2.34. The average molecular weight is 369 g/mol. The van der Waals surface area contributed by atoms with Gasteiger partial charge >= 0.3 is 0 Å². The van der Waals surface area contributed by atoms with Gasteiger partial charge in [-0.05, 0) is 19.9 Å². The normalized spacial score (nSPS) is 17.9. The van der Waals surface area contributed by atoms with Gasteiger partial charge in [0.25, 0.3) is 0 Å². The van der Waals surface area contributed by atoms with Gasteiger partial charge in [0, 0.05) is 35.6 Å². The first-order valence-corrected chi connectivity index (χ1v) is 9.71. The van der Waals surface area contributed by atoms with Crippen LogP contribution >= 0.6 is 23.4 Å². The van der Waals surface area contributed by atoms with E-state index in [1.54, 1.807) is 11.8 Å². The maximum Gasteiger partial charge on any atom is 0.233 e. The maximum absolute atomic E-state index is 12.4. The van der Waals surface area contributed by atoms with Crippen molar-refractivity contribution in [3.05, 3.63) is 34.9 Å². The number of hydrogen-bond acceptors (Lipinski definition) is 3. The quantitative estimate of drug-likeness (QED) is 0.766. The first kappa shape index (κ1) is 19.1. The molecule has 1 aromatic carbocycles. The third kappa shape index (κ3) is 4.25. The molecule has 1 saturated heterocycles. The van der Waals surface area contributed by atoms with E-state index in [1.165, 1.54) is 0 Å². The van der Waals surface area contributed by atoms with Gasteiger partial charge in [-0.1, -0.05) is 43.6 Å². The predicted octanol–water partition coefficient (Wildman–Crippen LogP) is 3.81. The Balaban J connectivity index is 2.12. The number of rotatable bonds is 6. The van der Waals surface area contributed by atoms with Crippen LogP contribution in [0.1, 0.15) is 38.6 Å². The highest BCUT2D eigenvalue weighted by Crippen LogP contribution is 2.41. The van der Waals surface area contributed by atoms with E-state index in [9.17, 15) is 9.59 Å². The third-order valence-corrected chi connectivity index (χ3v) is 5.70. The molecule has 0 N–H and O–H groups in total. The summed E-state index contributed by atoms with van der Waals surface area (Å²) >= 11 is 7.90. The van der Waals surface area contributed by atoms with Crippen molar-refractivity contribution in [3.8, 4) is 0 Å². The minimum atomic E-state index is -0.0747. The highest BCUT2D eigenvalue weighted by molar-refractivity contribution is 8.00. The van der Waals surface area contributed by atoms with Gasteiger partial charge in [0.05, 0.1) is 5.75 Å². The van der Waals surface area contributed by atoms with E-state index in [0.29, 0.717) is 23.9 Å². The molecule has 4 nitrogen and oxygen atoms in total. The average Bonchev–Trinajstić information content (AvgIpc) is 2.88. The van der Waals surface area contributed by atoms with Crippen molar-refractivity contribution in [3.63, 3.8) is 0 Å². The van der Waals surface area contributed by atoms with Crippen molar-refractivity contribution < 1.29 is 9.59 Å². The van der Waals surface area contributed by atoms with Gasteiger partial charge < -0.3 is 9.80 Å². The maximum atomic E-state index is 12.4. The molecular formula is C18H25ClN2O2S. The van der Waals surface area contributed by atoms with Crippen molar-refractivity contribution in [1.29, 1.82) is 0 Å². The Labute approximate surface area is 153 Å². The zero-order valence-electron chi connectivity index (χ0n) is 14.7. The minimum absolute atomic E-state index is 0.0459. The second-order valence-electron chi connectivity index (χ2n) is 6.55. The lowest BCUT2D eigenvalue weighted by Gasteiger charge is -2.32. The van der Waals surface area contributed by atoms with Crippen LogP contribution in [0, 0.1) is 5.92 Å². The first-order chi connectivity index (χ1) is 11.3. The van der Waals surface area contributed by atoms with Gasteiger partial charge in [-0.2, -0.15) is 0 Å². The first-order valence-electron chi connectivity index (χ1n) is 8.29. The molecule has 0 spiro atoms. The molecular weight excluding hydrogens is 344 g/mol. The van der Waals surface area contributed by atoms with Crippen LogP contribution in [0.15, 0.2) is 24.3 Å².